The van der Waals surface area contributed by atoms with E-state index in [1.807, 2.05) is 4.90 Å². The number of nitrogens with zero attached hydrogens (tertiary/aromatic N) is 1. The van der Waals surface area contributed by atoms with Crippen molar-refractivity contribution in [1.82, 2.24) is 4.90 Å². The van der Waals surface area contributed by atoms with Crippen molar-refractivity contribution >= 4 is 17.5 Å². The first kappa shape index (κ1) is 13.8. The van der Waals surface area contributed by atoms with Crippen molar-refractivity contribution in [2.24, 2.45) is 17.6 Å². The molecule has 108 valence electrons. The first-order valence-electron chi connectivity index (χ1n) is 7.04. The topological polar surface area (TPSA) is 46.3 Å². The number of rotatable bonds is 3. The predicted molar refractivity (Wildman–Crippen MR) is 76.0 cm³/mol. The maximum Gasteiger partial charge on any atom is 0.226 e. The lowest BCUT2D eigenvalue weighted by atomic mass is 10.1. The summed E-state index contributed by atoms with van der Waals surface area (Å²) in [6.45, 7) is 2.13. The minimum atomic E-state index is -0.306. The molecule has 1 aromatic rings. The second-order valence-corrected chi connectivity index (χ2v) is 6.17. The van der Waals surface area contributed by atoms with Crippen LogP contribution in [0.1, 0.15) is 24.3 Å². The number of nitrogens with two attached hydrogens (primary N) is 1. The van der Waals surface area contributed by atoms with Crippen LogP contribution >= 0.6 is 11.6 Å². The summed E-state index contributed by atoms with van der Waals surface area (Å²) in [6.07, 6.45) is 1.67. The third-order valence-corrected chi connectivity index (χ3v) is 4.74. The zero-order chi connectivity index (χ0) is 14.3. The molecule has 1 heterocycles. The highest BCUT2D eigenvalue weighted by Gasteiger charge is 2.48. The summed E-state index contributed by atoms with van der Waals surface area (Å²) < 4.78 is 13.8. The van der Waals surface area contributed by atoms with E-state index in [1.165, 1.54) is 6.07 Å². The van der Waals surface area contributed by atoms with Gasteiger partial charge in [0.15, 0.2) is 0 Å². The lowest BCUT2D eigenvalue weighted by Gasteiger charge is -2.16. The van der Waals surface area contributed by atoms with Crippen LogP contribution in [0.25, 0.3) is 0 Å². The highest BCUT2D eigenvalue weighted by Crippen LogP contribution is 2.51. The lowest BCUT2D eigenvalue weighted by Crippen LogP contribution is -2.31. The molecule has 3 unspecified atom stereocenters. The number of halogens is 2. The largest absolute Gasteiger partial charge is 0.342 e. The van der Waals surface area contributed by atoms with Crippen molar-refractivity contribution in [3.8, 4) is 0 Å². The number of hydrogen-bond donors (Lipinski definition) is 1. The average molecular weight is 297 g/mol. The molecule has 1 aliphatic carbocycles. The second-order valence-electron chi connectivity index (χ2n) is 5.76. The van der Waals surface area contributed by atoms with Crippen LogP contribution in [-0.2, 0) is 4.79 Å². The van der Waals surface area contributed by atoms with Crippen molar-refractivity contribution in [2.75, 3.05) is 19.6 Å². The molecule has 0 bridgehead atoms. The summed E-state index contributed by atoms with van der Waals surface area (Å²) in [5, 5.41) is 0.423. The van der Waals surface area contributed by atoms with Gasteiger partial charge in [0, 0.05) is 35.5 Å². The predicted octanol–water partition coefficient (Wildman–Crippen LogP) is 2.39. The fourth-order valence-electron chi connectivity index (χ4n) is 3.11. The van der Waals surface area contributed by atoms with Crippen LogP contribution in [-0.4, -0.2) is 30.4 Å². The summed E-state index contributed by atoms with van der Waals surface area (Å²) >= 11 is 6.06. The average Bonchev–Trinajstić information content (AvgIpc) is 3.05. The van der Waals surface area contributed by atoms with Gasteiger partial charge in [0.05, 0.1) is 0 Å². The van der Waals surface area contributed by atoms with Crippen LogP contribution in [0.4, 0.5) is 4.39 Å². The van der Waals surface area contributed by atoms with Crippen molar-refractivity contribution in [3.05, 3.63) is 34.6 Å². The molecule has 0 aromatic heterocycles. The molecule has 1 saturated carbocycles. The van der Waals surface area contributed by atoms with E-state index in [0.29, 0.717) is 29.5 Å². The number of likely N-dealkylation sites (tertiary alicyclic amines) is 1. The molecule has 3 atom stereocenters. The summed E-state index contributed by atoms with van der Waals surface area (Å²) in [5.41, 5.74) is 6.14. The number of amides is 1. The Kier molecular flexibility index (Phi) is 3.69. The Labute approximate surface area is 122 Å². The maximum absolute atomic E-state index is 13.8. The Hall–Kier alpha value is -1.13. The third-order valence-electron chi connectivity index (χ3n) is 4.41. The molecule has 0 spiro atoms. The fraction of sp³-hybridized carbons (Fsp3) is 0.533. The molecule has 2 N–H and O–H groups in total. The zero-order valence-electron chi connectivity index (χ0n) is 11.2. The molecule has 1 amide bonds. The van der Waals surface area contributed by atoms with Crippen molar-refractivity contribution < 1.29 is 9.18 Å². The van der Waals surface area contributed by atoms with Gasteiger partial charge in [-0.25, -0.2) is 4.39 Å². The summed E-state index contributed by atoms with van der Waals surface area (Å²) in [7, 11) is 0. The number of carbonyl (C=O) groups excluding carboxylic acids is 1. The monoisotopic (exact) mass is 296 g/mol. The van der Waals surface area contributed by atoms with Gasteiger partial charge in [-0.15, -0.1) is 0 Å². The standard InChI is InChI=1S/C15H18ClFN2O/c16-12-2-1-3-13(17)14(12)10-6-11(10)15(20)19-5-4-9(7-18)8-19/h1-3,9-11H,4-8,18H2. The van der Waals surface area contributed by atoms with Crippen LogP contribution in [0.5, 0.6) is 0 Å². The zero-order valence-corrected chi connectivity index (χ0v) is 11.9. The molecule has 1 aromatic carbocycles. The molecule has 2 fully saturated rings. The van der Waals surface area contributed by atoms with Crippen molar-refractivity contribution in [2.45, 2.75) is 18.8 Å². The number of hydrogen-bond acceptors (Lipinski definition) is 2. The van der Waals surface area contributed by atoms with Gasteiger partial charge in [0.2, 0.25) is 5.91 Å². The quantitative estimate of drug-likeness (QED) is 0.931. The highest BCUT2D eigenvalue weighted by atomic mass is 35.5. The minimum absolute atomic E-state index is 0.0619. The van der Waals surface area contributed by atoms with Crippen molar-refractivity contribution in [3.63, 3.8) is 0 Å². The van der Waals surface area contributed by atoms with Gasteiger partial charge in [-0.1, -0.05) is 17.7 Å². The van der Waals surface area contributed by atoms with E-state index in [4.69, 9.17) is 17.3 Å². The number of carbonyl (C=O) groups is 1. The first-order chi connectivity index (χ1) is 9.61. The minimum Gasteiger partial charge on any atom is -0.342 e. The molecule has 1 saturated heterocycles. The van der Waals surface area contributed by atoms with Gasteiger partial charge in [0.25, 0.3) is 0 Å². The third kappa shape index (κ3) is 2.42. The SMILES string of the molecule is NCC1CCN(C(=O)C2CC2c2c(F)cccc2Cl)C1. The van der Waals surface area contributed by atoms with E-state index in [9.17, 15) is 9.18 Å². The van der Waals surface area contributed by atoms with Crippen LogP contribution in [0.15, 0.2) is 18.2 Å². The Balaban J connectivity index is 1.69. The summed E-state index contributed by atoms with van der Waals surface area (Å²) in [4.78, 5) is 14.3. The second kappa shape index (κ2) is 5.34. The van der Waals surface area contributed by atoms with Gasteiger partial charge in [-0.3, -0.25) is 4.79 Å². The van der Waals surface area contributed by atoms with Gasteiger partial charge >= 0.3 is 0 Å². The Morgan fingerprint density at radius 2 is 2.30 bits per heavy atom. The van der Waals surface area contributed by atoms with E-state index in [2.05, 4.69) is 0 Å². The van der Waals surface area contributed by atoms with Crippen LogP contribution in [0, 0.1) is 17.7 Å². The molecular weight excluding hydrogens is 279 g/mol. The van der Waals surface area contributed by atoms with E-state index in [0.717, 1.165) is 19.5 Å². The highest BCUT2D eigenvalue weighted by molar-refractivity contribution is 6.31. The van der Waals surface area contributed by atoms with Crippen LogP contribution < -0.4 is 5.73 Å². The first-order valence-corrected chi connectivity index (χ1v) is 7.42. The summed E-state index contributed by atoms with van der Waals surface area (Å²) in [6, 6.07) is 4.67. The Morgan fingerprint density at radius 1 is 1.50 bits per heavy atom. The Bertz CT molecular complexity index is 516. The van der Waals surface area contributed by atoms with E-state index in [-0.39, 0.29) is 23.6 Å². The van der Waals surface area contributed by atoms with Gasteiger partial charge in [0.1, 0.15) is 5.82 Å². The lowest BCUT2D eigenvalue weighted by molar-refractivity contribution is -0.131. The van der Waals surface area contributed by atoms with Crippen LogP contribution in [0.2, 0.25) is 5.02 Å². The maximum atomic E-state index is 13.8. The molecule has 0 radical (unpaired) electrons. The van der Waals surface area contributed by atoms with E-state index in [1.54, 1.807) is 12.1 Å². The smallest absolute Gasteiger partial charge is 0.226 e. The van der Waals surface area contributed by atoms with Gasteiger partial charge in [-0.2, -0.15) is 0 Å². The molecule has 3 rings (SSSR count). The van der Waals surface area contributed by atoms with Crippen LogP contribution in [0.3, 0.4) is 0 Å². The Morgan fingerprint density at radius 3 is 2.95 bits per heavy atom. The van der Waals surface area contributed by atoms with Gasteiger partial charge in [-0.05, 0) is 37.4 Å². The summed E-state index contributed by atoms with van der Waals surface area (Å²) in [5.74, 6) is 0.0616. The molecule has 20 heavy (non-hydrogen) atoms. The fourth-order valence-corrected chi connectivity index (χ4v) is 3.41. The molecule has 3 nitrogen and oxygen atoms in total. The molecule has 2 aliphatic rings. The van der Waals surface area contributed by atoms with Crippen molar-refractivity contribution in [1.29, 1.82) is 0 Å². The molecule has 5 heteroatoms. The normalized spacial score (nSPS) is 28.8. The van der Waals surface area contributed by atoms with E-state index >= 15 is 0 Å². The molecule has 1 aliphatic heterocycles. The number of benzene rings is 1. The molecular formula is C15H18ClFN2O. The van der Waals surface area contributed by atoms with Gasteiger partial charge < -0.3 is 10.6 Å². The van der Waals surface area contributed by atoms with E-state index < -0.39 is 0 Å².